The van der Waals surface area contributed by atoms with E-state index in [2.05, 4.69) is 44.2 Å². The van der Waals surface area contributed by atoms with Crippen LogP contribution in [0.5, 0.6) is 5.75 Å². The van der Waals surface area contributed by atoms with E-state index in [-0.39, 0.29) is 5.97 Å². The van der Waals surface area contributed by atoms with E-state index in [0.29, 0.717) is 12.2 Å². The van der Waals surface area contributed by atoms with Gasteiger partial charge in [0.2, 0.25) is 0 Å². The summed E-state index contributed by atoms with van der Waals surface area (Å²) in [5.41, 5.74) is 2.81. The number of carbonyl (C=O) groups is 1. The first-order valence-corrected chi connectivity index (χ1v) is 10.1. The SMILES string of the molecule is CCCCC(=O)Oc1ccc2cc(C3=CCC(CCC)CC3)ccc2c1. The van der Waals surface area contributed by atoms with Gasteiger partial charge >= 0.3 is 5.97 Å². The molecular formula is C24H30O2. The number of hydrogen-bond donors (Lipinski definition) is 0. The van der Waals surface area contributed by atoms with Crippen LogP contribution in [0.1, 0.15) is 70.8 Å². The number of rotatable bonds is 7. The van der Waals surface area contributed by atoms with Gasteiger partial charge in [0.15, 0.2) is 0 Å². The van der Waals surface area contributed by atoms with Crippen LogP contribution in [0.25, 0.3) is 16.3 Å². The van der Waals surface area contributed by atoms with Gasteiger partial charge in [0.25, 0.3) is 0 Å². The Balaban J connectivity index is 1.72. The van der Waals surface area contributed by atoms with Gasteiger partial charge in [-0.1, -0.05) is 57.4 Å². The van der Waals surface area contributed by atoms with Gasteiger partial charge in [0.05, 0.1) is 0 Å². The molecule has 2 aromatic carbocycles. The Morgan fingerprint density at radius 1 is 1.08 bits per heavy atom. The van der Waals surface area contributed by atoms with Crippen molar-refractivity contribution in [1.29, 1.82) is 0 Å². The second kappa shape index (κ2) is 9.02. The van der Waals surface area contributed by atoms with E-state index in [1.54, 1.807) is 0 Å². The van der Waals surface area contributed by atoms with E-state index >= 15 is 0 Å². The highest BCUT2D eigenvalue weighted by Gasteiger charge is 2.15. The molecule has 0 bridgehead atoms. The molecule has 0 radical (unpaired) electrons. The Bertz CT molecular complexity index is 788. The number of carbonyl (C=O) groups excluding carboxylic acids is 1. The van der Waals surface area contributed by atoms with Crippen LogP contribution in [0.15, 0.2) is 42.5 Å². The van der Waals surface area contributed by atoms with E-state index in [4.69, 9.17) is 4.74 Å². The van der Waals surface area contributed by atoms with E-state index in [1.807, 2.05) is 12.1 Å². The molecule has 26 heavy (non-hydrogen) atoms. The lowest BCUT2D eigenvalue weighted by molar-refractivity contribution is -0.134. The molecule has 2 nitrogen and oxygen atoms in total. The molecule has 0 saturated heterocycles. The molecule has 1 unspecified atom stereocenters. The fraction of sp³-hybridized carbons (Fsp3) is 0.458. The van der Waals surface area contributed by atoms with Crippen molar-refractivity contribution in [3.63, 3.8) is 0 Å². The van der Waals surface area contributed by atoms with Crippen LogP contribution in [0.2, 0.25) is 0 Å². The highest BCUT2D eigenvalue weighted by molar-refractivity contribution is 5.88. The monoisotopic (exact) mass is 350 g/mol. The van der Waals surface area contributed by atoms with Gasteiger partial charge in [0, 0.05) is 6.42 Å². The zero-order valence-corrected chi connectivity index (χ0v) is 16.1. The fourth-order valence-electron chi connectivity index (χ4n) is 3.81. The van der Waals surface area contributed by atoms with Crippen molar-refractivity contribution in [2.24, 2.45) is 5.92 Å². The number of fused-ring (bicyclic) bond motifs is 1. The molecule has 0 aromatic heterocycles. The van der Waals surface area contributed by atoms with Gasteiger partial charge < -0.3 is 4.74 Å². The average molecular weight is 351 g/mol. The summed E-state index contributed by atoms with van der Waals surface area (Å²) >= 11 is 0. The number of esters is 1. The summed E-state index contributed by atoms with van der Waals surface area (Å²) in [5, 5.41) is 2.32. The first-order chi connectivity index (χ1) is 12.7. The zero-order valence-electron chi connectivity index (χ0n) is 16.1. The summed E-state index contributed by atoms with van der Waals surface area (Å²) in [4.78, 5) is 11.8. The Labute approximate surface area is 157 Å². The summed E-state index contributed by atoms with van der Waals surface area (Å²) in [6.45, 7) is 4.35. The molecule has 0 saturated carbocycles. The molecule has 2 aromatic rings. The molecular weight excluding hydrogens is 320 g/mol. The third-order valence-corrected chi connectivity index (χ3v) is 5.37. The summed E-state index contributed by atoms with van der Waals surface area (Å²) in [6.07, 6.45) is 11.2. The first kappa shape index (κ1) is 18.7. The number of ether oxygens (including phenoxy) is 1. The molecule has 2 heteroatoms. The largest absolute Gasteiger partial charge is 0.427 e. The third kappa shape index (κ3) is 4.75. The highest BCUT2D eigenvalue weighted by atomic mass is 16.5. The van der Waals surface area contributed by atoms with Crippen molar-refractivity contribution in [3.05, 3.63) is 48.0 Å². The maximum Gasteiger partial charge on any atom is 0.311 e. The molecule has 1 atom stereocenters. The molecule has 0 spiro atoms. The maximum atomic E-state index is 11.8. The van der Waals surface area contributed by atoms with Crippen molar-refractivity contribution in [1.82, 2.24) is 0 Å². The summed E-state index contributed by atoms with van der Waals surface area (Å²) in [5.74, 6) is 1.37. The van der Waals surface area contributed by atoms with Crippen molar-refractivity contribution in [2.45, 2.75) is 65.2 Å². The Morgan fingerprint density at radius 2 is 1.88 bits per heavy atom. The molecule has 0 N–H and O–H groups in total. The topological polar surface area (TPSA) is 26.3 Å². The van der Waals surface area contributed by atoms with Crippen LogP contribution >= 0.6 is 0 Å². The van der Waals surface area contributed by atoms with Crippen LogP contribution in [0.3, 0.4) is 0 Å². The first-order valence-electron chi connectivity index (χ1n) is 10.1. The summed E-state index contributed by atoms with van der Waals surface area (Å²) in [6, 6.07) is 12.6. The highest BCUT2D eigenvalue weighted by Crippen LogP contribution is 2.34. The van der Waals surface area contributed by atoms with Gasteiger partial charge in [-0.05, 0) is 71.7 Å². The fourth-order valence-corrected chi connectivity index (χ4v) is 3.81. The van der Waals surface area contributed by atoms with Crippen molar-refractivity contribution < 1.29 is 9.53 Å². The smallest absolute Gasteiger partial charge is 0.311 e. The van der Waals surface area contributed by atoms with Gasteiger partial charge in [-0.15, -0.1) is 0 Å². The minimum absolute atomic E-state index is 0.142. The average Bonchev–Trinajstić information content (AvgIpc) is 2.67. The Hall–Kier alpha value is -2.09. The van der Waals surface area contributed by atoms with Crippen LogP contribution in [-0.4, -0.2) is 5.97 Å². The van der Waals surface area contributed by atoms with Gasteiger partial charge in [0.1, 0.15) is 5.75 Å². The van der Waals surface area contributed by atoms with Crippen LogP contribution in [-0.2, 0) is 4.79 Å². The second-order valence-electron chi connectivity index (χ2n) is 7.46. The predicted molar refractivity (Wildman–Crippen MR) is 109 cm³/mol. The Kier molecular flexibility index (Phi) is 6.49. The molecule has 0 amide bonds. The van der Waals surface area contributed by atoms with Crippen molar-refractivity contribution in [3.8, 4) is 5.75 Å². The summed E-state index contributed by atoms with van der Waals surface area (Å²) < 4.78 is 5.46. The molecule has 1 aliphatic carbocycles. The number of hydrogen-bond acceptors (Lipinski definition) is 2. The number of benzene rings is 2. The quantitative estimate of drug-likeness (QED) is 0.400. The van der Waals surface area contributed by atoms with Crippen LogP contribution < -0.4 is 4.74 Å². The van der Waals surface area contributed by atoms with Gasteiger partial charge in [-0.3, -0.25) is 4.79 Å². The molecule has 0 heterocycles. The minimum atomic E-state index is -0.142. The standard InChI is InChI=1S/C24H30O2/c1-3-5-7-24(25)26-23-15-14-21-16-20(12-13-22(21)17-23)19-10-8-18(6-4-2)9-11-19/h10,12-18H,3-9,11H2,1-2H3. The lowest BCUT2D eigenvalue weighted by Crippen LogP contribution is -2.07. The summed E-state index contributed by atoms with van der Waals surface area (Å²) in [7, 11) is 0. The minimum Gasteiger partial charge on any atom is -0.427 e. The Morgan fingerprint density at radius 3 is 2.62 bits per heavy atom. The lowest BCUT2D eigenvalue weighted by Gasteiger charge is -2.21. The third-order valence-electron chi connectivity index (χ3n) is 5.37. The second-order valence-corrected chi connectivity index (χ2v) is 7.46. The van der Waals surface area contributed by atoms with E-state index in [0.717, 1.165) is 24.1 Å². The molecule has 0 aliphatic heterocycles. The van der Waals surface area contributed by atoms with Gasteiger partial charge in [-0.25, -0.2) is 0 Å². The van der Waals surface area contributed by atoms with Crippen LogP contribution in [0.4, 0.5) is 0 Å². The van der Waals surface area contributed by atoms with Crippen LogP contribution in [0, 0.1) is 5.92 Å². The molecule has 0 fully saturated rings. The predicted octanol–water partition coefficient (Wildman–Crippen LogP) is 6.92. The van der Waals surface area contributed by atoms with Gasteiger partial charge in [-0.2, -0.15) is 0 Å². The van der Waals surface area contributed by atoms with E-state index < -0.39 is 0 Å². The normalized spacial score (nSPS) is 17.2. The maximum absolute atomic E-state index is 11.8. The number of allylic oxidation sites excluding steroid dienone is 2. The number of unbranched alkanes of at least 4 members (excludes halogenated alkanes) is 1. The van der Waals surface area contributed by atoms with E-state index in [9.17, 15) is 4.79 Å². The van der Waals surface area contributed by atoms with Crippen molar-refractivity contribution >= 4 is 22.3 Å². The molecule has 138 valence electrons. The lowest BCUT2D eigenvalue weighted by atomic mass is 9.84. The molecule has 3 rings (SSSR count). The van der Waals surface area contributed by atoms with E-state index in [1.165, 1.54) is 48.6 Å². The zero-order chi connectivity index (χ0) is 18.4. The van der Waals surface area contributed by atoms with Crippen molar-refractivity contribution in [2.75, 3.05) is 0 Å². The molecule has 1 aliphatic rings.